The molecule has 0 spiro atoms. The third kappa shape index (κ3) is 7.59. The van der Waals surface area contributed by atoms with E-state index in [1.54, 1.807) is 0 Å². The molecule has 0 fully saturated rings. The Kier molecular flexibility index (Phi) is 9.47. The van der Waals surface area contributed by atoms with Crippen LogP contribution in [-0.2, 0) is 6.42 Å². The zero-order valence-corrected chi connectivity index (χ0v) is 23.7. The first-order chi connectivity index (χ1) is 17.4. The predicted octanol–water partition coefficient (Wildman–Crippen LogP) is 10.4. The summed E-state index contributed by atoms with van der Waals surface area (Å²) < 4.78 is -0.216. The van der Waals surface area contributed by atoms with Crippen LogP contribution in [0, 0.1) is 0 Å². The minimum Gasteiger partial charge on any atom is -0.118 e. The lowest BCUT2D eigenvalue weighted by Crippen LogP contribution is -2.40. The Balaban J connectivity index is 1.71. The molecule has 0 saturated heterocycles. The van der Waals surface area contributed by atoms with Crippen LogP contribution in [0.3, 0.4) is 0 Å². The second kappa shape index (κ2) is 12.8. The second-order valence-corrected chi connectivity index (χ2v) is 13.9. The summed E-state index contributed by atoms with van der Waals surface area (Å²) in [5, 5.41) is 0. The topological polar surface area (TPSA) is 0 Å². The highest BCUT2D eigenvalue weighted by atomic mass is 32.2. The van der Waals surface area contributed by atoms with Crippen LogP contribution in [-0.4, -0.2) is 9.49 Å². The average molecular weight is 527 g/mol. The van der Waals surface area contributed by atoms with E-state index in [0.29, 0.717) is 0 Å². The van der Waals surface area contributed by atoms with E-state index in [1.807, 2.05) is 35.3 Å². The van der Waals surface area contributed by atoms with Gasteiger partial charge in [-0.3, -0.25) is 0 Å². The molecular formula is C33H34S3. The van der Waals surface area contributed by atoms with Crippen molar-refractivity contribution in [3.05, 3.63) is 138 Å². The molecule has 3 heteroatoms. The van der Waals surface area contributed by atoms with Crippen LogP contribution < -0.4 is 0 Å². The Bertz CT molecular complexity index is 1220. The number of benzene rings is 4. The smallest absolute Gasteiger partial charge is 0.0513 e. The van der Waals surface area contributed by atoms with Crippen LogP contribution in [0.1, 0.15) is 32.8 Å². The molecule has 0 saturated carbocycles. The lowest BCUT2D eigenvalue weighted by atomic mass is 9.94. The monoisotopic (exact) mass is 526 g/mol. The summed E-state index contributed by atoms with van der Waals surface area (Å²) in [5.74, 6) is 0. The van der Waals surface area contributed by atoms with Gasteiger partial charge in [-0.1, -0.05) is 103 Å². The number of hydrogen-bond donors (Lipinski definition) is 0. The molecule has 4 aromatic rings. The summed E-state index contributed by atoms with van der Waals surface area (Å²) in [4.78, 5) is 5.30. The SMILES string of the molecule is CC(C)(Sc1ccccc1)C(C)(/C=C(/CCc1ccccc1)Sc1ccccc1)Sc1ccccc1. The first-order valence-electron chi connectivity index (χ1n) is 12.4. The van der Waals surface area contributed by atoms with Crippen LogP contribution in [0.2, 0.25) is 0 Å². The maximum Gasteiger partial charge on any atom is 0.0513 e. The third-order valence-electron chi connectivity index (χ3n) is 6.32. The van der Waals surface area contributed by atoms with Gasteiger partial charge in [0.1, 0.15) is 0 Å². The molecule has 1 atom stereocenters. The Hall–Kier alpha value is -2.33. The van der Waals surface area contributed by atoms with Gasteiger partial charge in [-0.05, 0) is 80.5 Å². The fraction of sp³-hybridized carbons (Fsp3) is 0.212. The second-order valence-electron chi connectivity index (χ2n) is 9.46. The van der Waals surface area contributed by atoms with Crippen molar-refractivity contribution in [3.63, 3.8) is 0 Å². The minimum atomic E-state index is -0.150. The van der Waals surface area contributed by atoms with Gasteiger partial charge in [-0.15, -0.1) is 23.5 Å². The molecule has 0 aromatic heterocycles. The van der Waals surface area contributed by atoms with E-state index in [-0.39, 0.29) is 9.49 Å². The summed E-state index contributed by atoms with van der Waals surface area (Å²) in [7, 11) is 0. The molecule has 0 radical (unpaired) electrons. The van der Waals surface area contributed by atoms with E-state index >= 15 is 0 Å². The Labute approximate surface area is 230 Å². The minimum absolute atomic E-state index is 0.0654. The van der Waals surface area contributed by atoms with Crippen molar-refractivity contribution in [1.82, 2.24) is 0 Å². The molecule has 0 N–H and O–H groups in total. The molecule has 0 aliphatic rings. The van der Waals surface area contributed by atoms with E-state index in [2.05, 4.69) is 148 Å². The van der Waals surface area contributed by atoms with Gasteiger partial charge in [-0.25, -0.2) is 0 Å². The summed E-state index contributed by atoms with van der Waals surface area (Å²) in [6, 6.07) is 43.2. The van der Waals surface area contributed by atoms with E-state index < -0.39 is 0 Å². The van der Waals surface area contributed by atoms with Gasteiger partial charge >= 0.3 is 0 Å². The van der Waals surface area contributed by atoms with Crippen LogP contribution in [0.4, 0.5) is 0 Å². The molecule has 0 amide bonds. The van der Waals surface area contributed by atoms with Gasteiger partial charge in [0.2, 0.25) is 0 Å². The Morgan fingerprint density at radius 3 is 1.56 bits per heavy atom. The predicted molar refractivity (Wildman–Crippen MR) is 162 cm³/mol. The van der Waals surface area contributed by atoms with Crippen molar-refractivity contribution >= 4 is 35.3 Å². The summed E-state index contributed by atoms with van der Waals surface area (Å²) in [6.07, 6.45) is 4.60. The Morgan fingerprint density at radius 2 is 1.03 bits per heavy atom. The van der Waals surface area contributed by atoms with Crippen LogP contribution >= 0.6 is 35.3 Å². The molecule has 36 heavy (non-hydrogen) atoms. The summed E-state index contributed by atoms with van der Waals surface area (Å²) in [6.45, 7) is 7.19. The van der Waals surface area contributed by atoms with E-state index in [4.69, 9.17) is 0 Å². The van der Waals surface area contributed by atoms with Gasteiger partial charge in [0.25, 0.3) is 0 Å². The fourth-order valence-electron chi connectivity index (χ4n) is 3.96. The molecular weight excluding hydrogens is 493 g/mol. The largest absolute Gasteiger partial charge is 0.118 e. The molecule has 1 unspecified atom stereocenters. The highest BCUT2D eigenvalue weighted by molar-refractivity contribution is 8.05. The number of rotatable bonds is 11. The van der Waals surface area contributed by atoms with Gasteiger partial charge in [-0.2, -0.15) is 0 Å². The van der Waals surface area contributed by atoms with Crippen molar-refractivity contribution in [2.75, 3.05) is 0 Å². The normalized spacial score (nSPS) is 13.8. The van der Waals surface area contributed by atoms with Gasteiger partial charge in [0.15, 0.2) is 0 Å². The zero-order chi connectivity index (χ0) is 25.3. The molecule has 0 bridgehead atoms. The van der Waals surface area contributed by atoms with Crippen molar-refractivity contribution in [2.45, 2.75) is 57.8 Å². The number of allylic oxidation sites excluding steroid dienone is 1. The zero-order valence-electron chi connectivity index (χ0n) is 21.3. The molecule has 0 aliphatic carbocycles. The number of hydrogen-bond acceptors (Lipinski definition) is 3. The van der Waals surface area contributed by atoms with Crippen LogP contribution in [0.15, 0.2) is 147 Å². The van der Waals surface area contributed by atoms with E-state index in [0.717, 1.165) is 12.8 Å². The lowest BCUT2D eigenvalue weighted by Gasteiger charge is -2.42. The maximum atomic E-state index is 2.56. The Morgan fingerprint density at radius 1 is 0.583 bits per heavy atom. The van der Waals surface area contributed by atoms with Gasteiger partial charge in [0.05, 0.1) is 4.75 Å². The van der Waals surface area contributed by atoms with E-state index in [9.17, 15) is 0 Å². The fourth-order valence-corrected chi connectivity index (χ4v) is 7.75. The quantitative estimate of drug-likeness (QED) is 0.178. The summed E-state index contributed by atoms with van der Waals surface area (Å²) in [5.41, 5.74) is 1.38. The maximum absolute atomic E-state index is 2.56. The molecule has 0 nitrogen and oxygen atoms in total. The summed E-state index contributed by atoms with van der Waals surface area (Å²) >= 11 is 5.83. The van der Waals surface area contributed by atoms with Crippen molar-refractivity contribution in [3.8, 4) is 0 Å². The van der Waals surface area contributed by atoms with Gasteiger partial charge < -0.3 is 0 Å². The molecule has 0 heterocycles. The van der Waals surface area contributed by atoms with Gasteiger partial charge in [0, 0.05) is 19.4 Å². The van der Waals surface area contributed by atoms with Crippen LogP contribution in [0.25, 0.3) is 0 Å². The van der Waals surface area contributed by atoms with Crippen molar-refractivity contribution in [1.29, 1.82) is 0 Å². The first-order valence-corrected chi connectivity index (χ1v) is 14.9. The van der Waals surface area contributed by atoms with Crippen LogP contribution in [0.5, 0.6) is 0 Å². The average Bonchev–Trinajstić information content (AvgIpc) is 2.89. The molecule has 4 rings (SSSR count). The molecule has 4 aromatic carbocycles. The number of aryl methyl sites for hydroxylation is 1. The van der Waals surface area contributed by atoms with Crippen molar-refractivity contribution < 1.29 is 0 Å². The highest BCUT2D eigenvalue weighted by Crippen LogP contribution is 2.52. The van der Waals surface area contributed by atoms with E-state index in [1.165, 1.54) is 25.2 Å². The number of thioether (sulfide) groups is 3. The molecule has 184 valence electrons. The third-order valence-corrected chi connectivity index (χ3v) is 10.5. The standard InChI is InChI=1S/C33H34S3/c1-32(2,35-29-20-12-6-13-21-29)33(3,36-30-22-14-7-15-23-30)26-31(34-28-18-10-5-11-19-28)25-24-27-16-8-4-9-17-27/h4-23,26H,24-25H2,1-3H3/b31-26-. The lowest BCUT2D eigenvalue weighted by molar-refractivity contribution is 0.597. The molecule has 0 aliphatic heterocycles. The first kappa shape index (κ1) is 26.7. The highest BCUT2D eigenvalue weighted by Gasteiger charge is 2.42. The van der Waals surface area contributed by atoms with Crippen molar-refractivity contribution in [2.24, 2.45) is 0 Å².